The minimum absolute atomic E-state index is 0.0579. The molecule has 3 rings (SSSR count). The molecule has 0 aromatic heterocycles. The summed E-state index contributed by atoms with van der Waals surface area (Å²) in [6, 6.07) is 14.6. The summed E-state index contributed by atoms with van der Waals surface area (Å²) in [5.74, 6) is 0.340. The fourth-order valence-electron chi connectivity index (χ4n) is 4.25. The van der Waals surface area contributed by atoms with E-state index in [1.54, 1.807) is 17.0 Å². The molecular formula is C28H39N3O4. The molecule has 0 spiro atoms. The number of hydrogen-bond donors (Lipinski definition) is 3. The lowest BCUT2D eigenvalue weighted by Crippen LogP contribution is -2.48. The Labute approximate surface area is 208 Å². The Morgan fingerprint density at radius 1 is 1.14 bits per heavy atom. The average Bonchev–Trinajstić information content (AvgIpc) is 3.31. The van der Waals surface area contributed by atoms with Gasteiger partial charge in [-0.15, -0.1) is 0 Å². The summed E-state index contributed by atoms with van der Waals surface area (Å²) in [5.41, 5.74) is 2.13. The number of carbonyl (C=O) groups is 2. The van der Waals surface area contributed by atoms with Gasteiger partial charge < -0.3 is 25.4 Å². The van der Waals surface area contributed by atoms with Gasteiger partial charge in [-0.1, -0.05) is 57.0 Å². The van der Waals surface area contributed by atoms with Crippen LogP contribution in [0.2, 0.25) is 0 Å². The molecule has 1 aliphatic heterocycles. The molecule has 7 heteroatoms. The standard InChI is InChI=1S/C28H39N3O4/c1-3-5-9-15-35-24-18-22(17-23(19-24)31-14-10-13-27(31)33)28(34)30-25(26(32)20-29-4-2)16-21-11-7-6-8-12-21/h6-8,11-12,17-19,25-26,29,32H,3-5,9-10,13-16,20H2,1-2H3,(H,30,34)/t25-,26+/m0/s1. The zero-order valence-electron chi connectivity index (χ0n) is 21.0. The molecular weight excluding hydrogens is 442 g/mol. The van der Waals surface area contributed by atoms with Gasteiger partial charge in [0.25, 0.3) is 5.91 Å². The number of aliphatic hydroxyl groups excluding tert-OH is 1. The molecule has 0 saturated carbocycles. The summed E-state index contributed by atoms with van der Waals surface area (Å²) >= 11 is 0. The minimum Gasteiger partial charge on any atom is -0.493 e. The number of nitrogens with zero attached hydrogens (tertiary/aromatic N) is 1. The summed E-state index contributed by atoms with van der Waals surface area (Å²) in [7, 11) is 0. The van der Waals surface area contributed by atoms with Crippen molar-refractivity contribution in [1.29, 1.82) is 0 Å². The third kappa shape index (κ3) is 8.08. The summed E-state index contributed by atoms with van der Waals surface area (Å²) in [5, 5.41) is 17.0. The van der Waals surface area contributed by atoms with Crippen molar-refractivity contribution in [1.82, 2.24) is 10.6 Å². The van der Waals surface area contributed by atoms with Crippen molar-refractivity contribution in [2.75, 3.05) is 31.1 Å². The van der Waals surface area contributed by atoms with Crippen LogP contribution in [0, 0.1) is 0 Å². The second-order valence-electron chi connectivity index (χ2n) is 9.06. The molecule has 1 saturated heterocycles. The topological polar surface area (TPSA) is 90.9 Å². The monoisotopic (exact) mass is 481 g/mol. The number of rotatable bonds is 14. The number of ether oxygens (including phenoxy) is 1. The largest absolute Gasteiger partial charge is 0.493 e. The van der Waals surface area contributed by atoms with Gasteiger partial charge in [0, 0.05) is 36.8 Å². The zero-order chi connectivity index (χ0) is 25.0. The predicted molar refractivity (Wildman–Crippen MR) is 139 cm³/mol. The number of unbranched alkanes of at least 4 members (excludes halogenated alkanes) is 2. The number of nitrogens with one attached hydrogen (secondary N) is 2. The number of anilines is 1. The van der Waals surface area contributed by atoms with Crippen LogP contribution in [-0.2, 0) is 11.2 Å². The molecule has 2 amide bonds. The first-order valence-corrected chi connectivity index (χ1v) is 12.8. The Bertz CT molecular complexity index is 950. The molecule has 1 heterocycles. The highest BCUT2D eigenvalue weighted by molar-refractivity contribution is 5.99. The highest BCUT2D eigenvalue weighted by Gasteiger charge is 2.26. The highest BCUT2D eigenvalue weighted by Crippen LogP contribution is 2.28. The fraction of sp³-hybridized carbons (Fsp3) is 0.500. The first-order chi connectivity index (χ1) is 17.0. The molecule has 7 nitrogen and oxygen atoms in total. The molecule has 2 aromatic rings. The van der Waals surface area contributed by atoms with Crippen molar-refractivity contribution in [2.45, 2.75) is 64.5 Å². The third-order valence-corrected chi connectivity index (χ3v) is 6.24. The van der Waals surface area contributed by atoms with Crippen LogP contribution in [0.4, 0.5) is 5.69 Å². The second kappa shape index (κ2) is 13.9. The quantitative estimate of drug-likeness (QED) is 0.358. The molecule has 0 aliphatic carbocycles. The Morgan fingerprint density at radius 3 is 2.63 bits per heavy atom. The molecule has 3 N–H and O–H groups in total. The SMILES string of the molecule is CCCCCOc1cc(C(=O)N[C@@H](Cc2ccccc2)[C@H](O)CNCC)cc(N2CCCC2=O)c1. The molecule has 190 valence electrons. The van der Waals surface area contributed by atoms with Crippen LogP contribution in [0.1, 0.15) is 61.9 Å². The van der Waals surface area contributed by atoms with Crippen molar-refractivity contribution in [3.63, 3.8) is 0 Å². The molecule has 35 heavy (non-hydrogen) atoms. The minimum atomic E-state index is -0.757. The van der Waals surface area contributed by atoms with Crippen LogP contribution >= 0.6 is 0 Å². The molecule has 0 radical (unpaired) electrons. The van der Waals surface area contributed by atoms with Gasteiger partial charge in [0.15, 0.2) is 0 Å². The van der Waals surface area contributed by atoms with Crippen LogP contribution in [0.15, 0.2) is 48.5 Å². The predicted octanol–water partition coefficient (Wildman–Crippen LogP) is 3.69. The Hall–Kier alpha value is -2.90. The number of benzene rings is 2. The van der Waals surface area contributed by atoms with Gasteiger partial charge in [0.1, 0.15) is 5.75 Å². The lowest BCUT2D eigenvalue weighted by Gasteiger charge is -2.25. The van der Waals surface area contributed by atoms with Gasteiger partial charge >= 0.3 is 0 Å². The Balaban J connectivity index is 1.82. The number of amides is 2. The third-order valence-electron chi connectivity index (χ3n) is 6.24. The Kier molecular flexibility index (Phi) is 10.6. The van der Waals surface area contributed by atoms with Gasteiger partial charge in [-0.2, -0.15) is 0 Å². The molecule has 2 aromatic carbocycles. The molecule has 0 bridgehead atoms. The van der Waals surface area contributed by atoms with E-state index >= 15 is 0 Å². The molecule has 0 unspecified atom stereocenters. The van der Waals surface area contributed by atoms with Crippen LogP contribution in [0.3, 0.4) is 0 Å². The van der Waals surface area contributed by atoms with E-state index in [1.165, 1.54) is 0 Å². The molecule has 2 atom stereocenters. The average molecular weight is 482 g/mol. The van der Waals surface area contributed by atoms with Crippen molar-refractivity contribution in [3.05, 3.63) is 59.7 Å². The van der Waals surface area contributed by atoms with E-state index in [2.05, 4.69) is 17.6 Å². The molecule has 1 fully saturated rings. The maximum atomic E-state index is 13.4. The van der Waals surface area contributed by atoms with Gasteiger partial charge in [-0.25, -0.2) is 0 Å². The van der Waals surface area contributed by atoms with Gasteiger partial charge in [-0.3, -0.25) is 9.59 Å². The van der Waals surface area contributed by atoms with E-state index in [4.69, 9.17) is 4.74 Å². The summed E-state index contributed by atoms with van der Waals surface area (Å²) in [6.45, 7) is 6.42. The van der Waals surface area contributed by atoms with E-state index in [0.717, 1.165) is 37.8 Å². The van der Waals surface area contributed by atoms with E-state index in [9.17, 15) is 14.7 Å². The van der Waals surface area contributed by atoms with Crippen molar-refractivity contribution in [3.8, 4) is 5.75 Å². The maximum Gasteiger partial charge on any atom is 0.251 e. The zero-order valence-corrected chi connectivity index (χ0v) is 21.0. The first kappa shape index (κ1) is 26.7. The van der Waals surface area contributed by atoms with E-state index in [1.807, 2.05) is 43.3 Å². The van der Waals surface area contributed by atoms with Crippen molar-refractivity contribution < 1.29 is 19.4 Å². The highest BCUT2D eigenvalue weighted by atomic mass is 16.5. The van der Waals surface area contributed by atoms with Crippen LogP contribution in [-0.4, -0.2) is 55.3 Å². The number of carbonyl (C=O) groups excluding carboxylic acids is 2. The maximum absolute atomic E-state index is 13.4. The van der Waals surface area contributed by atoms with Gasteiger partial charge in [0.2, 0.25) is 5.91 Å². The second-order valence-corrected chi connectivity index (χ2v) is 9.06. The normalized spacial score (nSPS) is 15.2. The summed E-state index contributed by atoms with van der Waals surface area (Å²) < 4.78 is 5.96. The molecule has 1 aliphatic rings. The number of aliphatic hydroxyl groups is 1. The van der Waals surface area contributed by atoms with E-state index < -0.39 is 12.1 Å². The fourth-order valence-corrected chi connectivity index (χ4v) is 4.25. The van der Waals surface area contributed by atoms with E-state index in [-0.39, 0.29) is 11.8 Å². The van der Waals surface area contributed by atoms with E-state index in [0.29, 0.717) is 49.5 Å². The van der Waals surface area contributed by atoms with Crippen molar-refractivity contribution >= 4 is 17.5 Å². The van der Waals surface area contributed by atoms with Crippen LogP contribution in [0.5, 0.6) is 5.75 Å². The van der Waals surface area contributed by atoms with Crippen LogP contribution in [0.25, 0.3) is 0 Å². The summed E-state index contributed by atoms with van der Waals surface area (Å²) in [4.78, 5) is 27.5. The smallest absolute Gasteiger partial charge is 0.251 e. The first-order valence-electron chi connectivity index (χ1n) is 12.8. The number of hydrogen-bond acceptors (Lipinski definition) is 5. The lowest BCUT2D eigenvalue weighted by atomic mass is 10.0. The number of likely N-dealkylation sites (N-methyl/N-ethyl adjacent to an activating group) is 1. The lowest BCUT2D eigenvalue weighted by molar-refractivity contribution is -0.117. The van der Waals surface area contributed by atoms with Gasteiger partial charge in [0.05, 0.1) is 18.8 Å². The van der Waals surface area contributed by atoms with Gasteiger partial charge in [-0.05, 0) is 43.5 Å². The summed E-state index contributed by atoms with van der Waals surface area (Å²) in [6.07, 6.45) is 4.16. The van der Waals surface area contributed by atoms with Crippen LogP contribution < -0.4 is 20.3 Å². The Morgan fingerprint density at radius 2 is 1.94 bits per heavy atom. The van der Waals surface area contributed by atoms with Crippen molar-refractivity contribution in [2.24, 2.45) is 0 Å².